The Hall–Kier alpha value is -2.18. The molecule has 2 rings (SSSR count). The summed E-state index contributed by atoms with van der Waals surface area (Å²) in [6, 6.07) is 0. The Morgan fingerprint density at radius 3 is 3.00 bits per heavy atom. The van der Waals surface area contributed by atoms with Crippen molar-refractivity contribution in [3.05, 3.63) is 24.0 Å². The summed E-state index contributed by atoms with van der Waals surface area (Å²) in [4.78, 5) is 21.9. The molecule has 2 heterocycles. The highest BCUT2D eigenvalue weighted by Gasteiger charge is 2.11. The van der Waals surface area contributed by atoms with Gasteiger partial charge in [0.25, 0.3) is 5.91 Å². The zero-order chi connectivity index (χ0) is 9.97. The molecule has 3 N–H and O–H groups in total. The predicted octanol–water partition coefficient (Wildman–Crippen LogP) is 0.0885. The van der Waals surface area contributed by atoms with Crippen LogP contribution in [0.5, 0.6) is 0 Å². The van der Waals surface area contributed by atoms with E-state index in [9.17, 15) is 4.79 Å². The van der Waals surface area contributed by atoms with Gasteiger partial charge in [0.15, 0.2) is 0 Å². The maximum absolute atomic E-state index is 11.4. The van der Waals surface area contributed by atoms with E-state index in [-0.39, 0.29) is 5.82 Å². The summed E-state index contributed by atoms with van der Waals surface area (Å²) in [5.41, 5.74) is 0. The van der Waals surface area contributed by atoms with Crippen molar-refractivity contribution in [1.29, 1.82) is 0 Å². The summed E-state index contributed by atoms with van der Waals surface area (Å²) in [6.45, 7) is 1.72. The molecule has 0 unspecified atom stereocenters. The topological polar surface area (TPSA) is 99.3 Å². The Morgan fingerprint density at radius 2 is 2.43 bits per heavy atom. The highest BCUT2D eigenvalue weighted by atomic mass is 16.2. The molecule has 0 saturated carbocycles. The molecule has 2 aromatic heterocycles. The fourth-order valence-electron chi connectivity index (χ4n) is 0.941. The molecule has 0 aliphatic rings. The van der Waals surface area contributed by atoms with Gasteiger partial charge in [-0.3, -0.25) is 15.2 Å². The van der Waals surface area contributed by atoms with E-state index in [1.807, 2.05) is 0 Å². The Kier molecular flexibility index (Phi) is 1.98. The molecule has 1 amide bonds. The fourth-order valence-corrected chi connectivity index (χ4v) is 0.941. The van der Waals surface area contributed by atoms with Crippen LogP contribution in [0, 0.1) is 6.92 Å². The van der Waals surface area contributed by atoms with Gasteiger partial charge in [0.1, 0.15) is 5.82 Å². The second-order valence-corrected chi connectivity index (χ2v) is 2.64. The van der Waals surface area contributed by atoms with Crippen LogP contribution in [-0.4, -0.2) is 31.1 Å². The molecule has 0 aliphatic heterocycles. The number of aromatic amines is 2. The van der Waals surface area contributed by atoms with Crippen LogP contribution in [-0.2, 0) is 0 Å². The number of nitrogens with one attached hydrogen (secondary N) is 3. The second-order valence-electron chi connectivity index (χ2n) is 2.64. The van der Waals surface area contributed by atoms with Gasteiger partial charge in [0.2, 0.25) is 11.8 Å². The fraction of sp³-hybridized carbons (Fsp3) is 0.143. The summed E-state index contributed by atoms with van der Waals surface area (Å²) in [7, 11) is 0. The Bertz CT molecular complexity index is 431. The van der Waals surface area contributed by atoms with Gasteiger partial charge in [0.05, 0.1) is 0 Å². The van der Waals surface area contributed by atoms with Crippen LogP contribution in [0.1, 0.15) is 16.4 Å². The van der Waals surface area contributed by atoms with Crippen LogP contribution in [0.4, 0.5) is 5.95 Å². The molecule has 2 aromatic rings. The number of hydrogen-bond donors (Lipinski definition) is 3. The Balaban J connectivity index is 2.10. The van der Waals surface area contributed by atoms with E-state index in [4.69, 9.17) is 0 Å². The van der Waals surface area contributed by atoms with Crippen molar-refractivity contribution in [2.24, 2.45) is 0 Å². The molecule has 0 spiro atoms. The van der Waals surface area contributed by atoms with E-state index in [2.05, 4.69) is 30.5 Å². The lowest BCUT2D eigenvalue weighted by molar-refractivity contribution is 0.101. The molecule has 0 atom stereocenters. The Morgan fingerprint density at radius 1 is 1.57 bits per heavy atom. The average molecular weight is 192 g/mol. The summed E-state index contributed by atoms with van der Waals surface area (Å²) in [6.07, 6.45) is 3.15. The van der Waals surface area contributed by atoms with Gasteiger partial charge >= 0.3 is 0 Å². The van der Waals surface area contributed by atoms with Crippen molar-refractivity contribution in [2.75, 3.05) is 5.32 Å². The van der Waals surface area contributed by atoms with E-state index >= 15 is 0 Å². The van der Waals surface area contributed by atoms with Crippen molar-refractivity contribution in [3.63, 3.8) is 0 Å². The van der Waals surface area contributed by atoms with E-state index in [0.29, 0.717) is 11.8 Å². The first-order valence-electron chi connectivity index (χ1n) is 3.95. The number of rotatable bonds is 2. The van der Waals surface area contributed by atoms with Gasteiger partial charge in [-0.2, -0.15) is 0 Å². The van der Waals surface area contributed by atoms with E-state index in [1.54, 1.807) is 19.3 Å². The molecule has 0 saturated heterocycles. The van der Waals surface area contributed by atoms with Crippen LogP contribution in [0.2, 0.25) is 0 Å². The minimum Gasteiger partial charge on any atom is -0.331 e. The summed E-state index contributed by atoms with van der Waals surface area (Å²) in [5, 5.41) is 8.78. The maximum atomic E-state index is 11.4. The van der Waals surface area contributed by atoms with E-state index < -0.39 is 5.91 Å². The number of carbonyl (C=O) groups is 1. The molecule has 0 radical (unpaired) electrons. The molecule has 7 nitrogen and oxygen atoms in total. The first-order chi connectivity index (χ1) is 6.75. The zero-order valence-corrected chi connectivity index (χ0v) is 7.40. The van der Waals surface area contributed by atoms with Crippen molar-refractivity contribution < 1.29 is 4.79 Å². The van der Waals surface area contributed by atoms with Crippen LogP contribution >= 0.6 is 0 Å². The number of hydrogen-bond acceptors (Lipinski definition) is 4. The average Bonchev–Trinajstić information content (AvgIpc) is 2.75. The monoisotopic (exact) mass is 192 g/mol. The zero-order valence-electron chi connectivity index (χ0n) is 7.40. The van der Waals surface area contributed by atoms with Crippen molar-refractivity contribution in [1.82, 2.24) is 25.1 Å². The van der Waals surface area contributed by atoms with Crippen molar-refractivity contribution >= 4 is 11.9 Å². The third-order valence-corrected chi connectivity index (χ3v) is 1.53. The maximum Gasteiger partial charge on any atom is 0.297 e. The summed E-state index contributed by atoms with van der Waals surface area (Å²) < 4.78 is 0. The normalized spacial score (nSPS) is 10.1. The van der Waals surface area contributed by atoms with Crippen molar-refractivity contribution in [2.45, 2.75) is 6.92 Å². The number of H-pyrrole nitrogens is 2. The lowest BCUT2D eigenvalue weighted by Crippen LogP contribution is -2.14. The second kappa shape index (κ2) is 3.29. The first-order valence-corrected chi connectivity index (χ1v) is 3.95. The number of aromatic nitrogens is 5. The number of anilines is 1. The Labute approximate surface area is 79.0 Å². The van der Waals surface area contributed by atoms with Gasteiger partial charge < -0.3 is 4.98 Å². The molecule has 0 fully saturated rings. The lowest BCUT2D eigenvalue weighted by atomic mass is 10.5. The molecule has 0 aromatic carbocycles. The molecule has 0 bridgehead atoms. The van der Waals surface area contributed by atoms with E-state index in [0.717, 1.165) is 0 Å². The summed E-state index contributed by atoms with van der Waals surface area (Å²) in [5.74, 6) is 0.662. The molecule has 0 aliphatic carbocycles. The van der Waals surface area contributed by atoms with Gasteiger partial charge in [-0.15, -0.1) is 5.10 Å². The molecular formula is C7H8N6O. The third-order valence-electron chi connectivity index (χ3n) is 1.53. The molecule has 72 valence electrons. The number of amides is 1. The highest BCUT2D eigenvalue weighted by Crippen LogP contribution is 1.98. The van der Waals surface area contributed by atoms with Gasteiger partial charge in [-0.1, -0.05) is 0 Å². The first kappa shape index (κ1) is 8.42. The van der Waals surface area contributed by atoms with Crippen LogP contribution in [0.25, 0.3) is 0 Å². The predicted molar refractivity (Wildman–Crippen MR) is 47.7 cm³/mol. The molecular weight excluding hydrogens is 184 g/mol. The minimum atomic E-state index is -0.399. The van der Waals surface area contributed by atoms with Crippen LogP contribution in [0.3, 0.4) is 0 Å². The van der Waals surface area contributed by atoms with Gasteiger partial charge in [-0.25, -0.2) is 9.97 Å². The number of aryl methyl sites for hydroxylation is 1. The quantitative estimate of drug-likeness (QED) is 0.627. The molecule has 14 heavy (non-hydrogen) atoms. The SMILES string of the molecule is Cc1nc(C(=O)Nc2ncc[nH]2)n[nH]1. The summed E-state index contributed by atoms with van der Waals surface area (Å²) >= 11 is 0. The standard InChI is InChI=1S/C7H8N6O/c1-4-10-5(13-12-4)6(14)11-7-8-2-3-9-7/h2-3H,1H3,(H,10,12,13)(H2,8,9,11,14). The molecule has 7 heteroatoms. The van der Waals surface area contributed by atoms with Crippen LogP contribution in [0.15, 0.2) is 12.4 Å². The largest absolute Gasteiger partial charge is 0.331 e. The number of carbonyl (C=O) groups excluding carboxylic acids is 1. The number of imidazole rings is 1. The van der Waals surface area contributed by atoms with Crippen molar-refractivity contribution in [3.8, 4) is 0 Å². The third kappa shape index (κ3) is 1.60. The van der Waals surface area contributed by atoms with Gasteiger partial charge in [0, 0.05) is 12.4 Å². The number of nitrogens with zero attached hydrogens (tertiary/aromatic N) is 3. The highest BCUT2D eigenvalue weighted by molar-refractivity contribution is 6.00. The van der Waals surface area contributed by atoms with Gasteiger partial charge in [-0.05, 0) is 6.92 Å². The van der Waals surface area contributed by atoms with Crippen LogP contribution < -0.4 is 5.32 Å². The van der Waals surface area contributed by atoms with E-state index in [1.165, 1.54) is 0 Å². The smallest absolute Gasteiger partial charge is 0.297 e. The lowest BCUT2D eigenvalue weighted by Gasteiger charge is -1.95. The minimum absolute atomic E-state index is 0.0962.